The van der Waals surface area contributed by atoms with Crippen molar-refractivity contribution >= 4 is 11.8 Å². The Kier molecular flexibility index (Phi) is 11.6. The Morgan fingerprint density at radius 1 is 1.06 bits per heavy atom. The number of azide groups is 1. The van der Waals surface area contributed by atoms with Crippen LogP contribution in [0.25, 0.3) is 10.4 Å². The van der Waals surface area contributed by atoms with Crippen LogP contribution in [0.5, 0.6) is 5.75 Å². The number of hydrogen-bond acceptors (Lipinski definition) is 6. The topological polar surface area (TPSA) is 146 Å². The Labute approximate surface area is 205 Å². The lowest BCUT2D eigenvalue weighted by Crippen LogP contribution is -2.53. The fourth-order valence-corrected chi connectivity index (χ4v) is 3.35. The Morgan fingerprint density at radius 2 is 1.69 bits per heavy atom. The van der Waals surface area contributed by atoms with E-state index in [1.807, 2.05) is 50.2 Å². The van der Waals surface area contributed by atoms with Gasteiger partial charge in [0.05, 0.1) is 18.8 Å². The van der Waals surface area contributed by atoms with Crippen molar-refractivity contribution in [2.45, 2.75) is 51.1 Å². The number of carbonyl (C=O) groups excluding carboxylic acids is 2. The van der Waals surface area contributed by atoms with E-state index in [1.54, 1.807) is 24.3 Å². The first-order chi connectivity index (χ1) is 16.8. The Balaban J connectivity index is 1.97. The molecule has 10 nitrogen and oxygen atoms in total. The standard InChI is InChI=1S/C25H33N5O5/c1-17(2)23(25(33)27-15-18-10-6-4-7-11-18)28-24(32)22(34-3)14-21(31)20(29-30-26)16-35-19-12-8-5-9-13-19/h4-13,17,20-23,31H,14-16H2,1-3H3,(H,27,33)(H,28,32)/t20-,21-,22+,23-/m0/s1. The molecule has 0 aliphatic carbocycles. The fraction of sp³-hybridized carbons (Fsp3) is 0.440. The quantitative estimate of drug-likeness (QED) is 0.215. The van der Waals surface area contributed by atoms with Gasteiger partial charge in [-0.2, -0.15) is 0 Å². The highest BCUT2D eigenvalue weighted by Gasteiger charge is 2.31. The van der Waals surface area contributed by atoms with E-state index >= 15 is 0 Å². The maximum absolute atomic E-state index is 12.9. The van der Waals surface area contributed by atoms with Gasteiger partial charge in [0.15, 0.2) is 0 Å². The van der Waals surface area contributed by atoms with Gasteiger partial charge in [-0.3, -0.25) is 9.59 Å². The van der Waals surface area contributed by atoms with E-state index in [-0.39, 0.29) is 24.9 Å². The highest BCUT2D eigenvalue weighted by molar-refractivity contribution is 5.89. The predicted octanol–water partition coefficient (Wildman–Crippen LogP) is 2.97. The summed E-state index contributed by atoms with van der Waals surface area (Å²) in [5, 5.41) is 19.8. The van der Waals surface area contributed by atoms with Gasteiger partial charge in [0.25, 0.3) is 0 Å². The van der Waals surface area contributed by atoms with Gasteiger partial charge in [-0.05, 0) is 29.1 Å². The van der Waals surface area contributed by atoms with E-state index in [4.69, 9.17) is 15.0 Å². The lowest BCUT2D eigenvalue weighted by molar-refractivity contribution is -0.137. The van der Waals surface area contributed by atoms with Gasteiger partial charge in [-0.1, -0.05) is 67.5 Å². The molecule has 0 saturated heterocycles. The van der Waals surface area contributed by atoms with Crippen molar-refractivity contribution in [3.63, 3.8) is 0 Å². The highest BCUT2D eigenvalue weighted by Crippen LogP contribution is 2.15. The van der Waals surface area contributed by atoms with Gasteiger partial charge in [0, 0.05) is 25.0 Å². The van der Waals surface area contributed by atoms with Crippen LogP contribution in [-0.4, -0.2) is 54.9 Å². The molecule has 0 aromatic heterocycles. The van der Waals surface area contributed by atoms with Crippen molar-refractivity contribution in [1.82, 2.24) is 10.6 Å². The number of rotatable bonds is 14. The summed E-state index contributed by atoms with van der Waals surface area (Å²) >= 11 is 0. The molecule has 0 radical (unpaired) electrons. The second kappa shape index (κ2) is 14.6. The van der Waals surface area contributed by atoms with Crippen molar-refractivity contribution in [2.75, 3.05) is 13.7 Å². The van der Waals surface area contributed by atoms with Crippen molar-refractivity contribution in [1.29, 1.82) is 0 Å². The van der Waals surface area contributed by atoms with Crippen LogP contribution in [0, 0.1) is 5.92 Å². The Bertz CT molecular complexity index is 967. The fourth-order valence-electron chi connectivity index (χ4n) is 3.35. The zero-order valence-corrected chi connectivity index (χ0v) is 20.2. The first kappa shape index (κ1) is 27.7. The number of ether oxygens (including phenoxy) is 2. The molecule has 3 N–H and O–H groups in total. The minimum Gasteiger partial charge on any atom is -0.493 e. The molecule has 2 aromatic rings. The minimum absolute atomic E-state index is 0.0796. The molecule has 0 unspecified atom stereocenters. The maximum atomic E-state index is 12.9. The van der Waals surface area contributed by atoms with Crippen LogP contribution in [0.4, 0.5) is 0 Å². The lowest BCUT2D eigenvalue weighted by atomic mass is 10.0. The average Bonchev–Trinajstić information content (AvgIpc) is 2.87. The third kappa shape index (κ3) is 9.29. The molecule has 0 heterocycles. The van der Waals surface area contributed by atoms with Crippen molar-refractivity contribution in [3.8, 4) is 5.75 Å². The van der Waals surface area contributed by atoms with E-state index in [0.717, 1.165) is 5.56 Å². The first-order valence-electron chi connectivity index (χ1n) is 11.4. The van der Waals surface area contributed by atoms with Crippen molar-refractivity contribution in [2.24, 2.45) is 11.0 Å². The number of methoxy groups -OCH3 is 1. The van der Waals surface area contributed by atoms with E-state index < -0.39 is 30.2 Å². The highest BCUT2D eigenvalue weighted by atomic mass is 16.5. The Morgan fingerprint density at radius 3 is 2.26 bits per heavy atom. The second-order valence-corrected chi connectivity index (χ2v) is 8.36. The summed E-state index contributed by atoms with van der Waals surface area (Å²) in [6.07, 6.45) is -2.43. The number of benzene rings is 2. The second-order valence-electron chi connectivity index (χ2n) is 8.36. The maximum Gasteiger partial charge on any atom is 0.249 e. The van der Waals surface area contributed by atoms with Gasteiger partial charge in [0.1, 0.15) is 17.9 Å². The number of hydrogen-bond donors (Lipinski definition) is 3. The third-order valence-electron chi connectivity index (χ3n) is 5.40. The summed E-state index contributed by atoms with van der Waals surface area (Å²) < 4.78 is 10.9. The van der Waals surface area contributed by atoms with Crippen LogP contribution in [0.15, 0.2) is 65.8 Å². The van der Waals surface area contributed by atoms with Gasteiger partial charge in [0.2, 0.25) is 11.8 Å². The zero-order chi connectivity index (χ0) is 25.6. The van der Waals surface area contributed by atoms with Gasteiger partial charge >= 0.3 is 0 Å². The number of nitrogens with one attached hydrogen (secondary N) is 2. The molecule has 2 rings (SSSR count). The van der Waals surface area contributed by atoms with Crippen molar-refractivity contribution in [3.05, 3.63) is 76.7 Å². The van der Waals surface area contributed by atoms with E-state index in [0.29, 0.717) is 12.3 Å². The molecule has 4 atom stereocenters. The van der Waals surface area contributed by atoms with Crippen molar-refractivity contribution < 1.29 is 24.2 Å². The minimum atomic E-state index is -1.21. The molecule has 0 saturated carbocycles. The monoisotopic (exact) mass is 483 g/mol. The molecular formula is C25H33N5O5. The van der Waals surface area contributed by atoms with E-state index in [9.17, 15) is 14.7 Å². The SMILES string of the molecule is CO[C@H](C[C@H](O)[C@H](COc1ccccc1)N=[N+]=[N-])C(=O)N[C@H](C(=O)NCc1ccccc1)C(C)C. The van der Waals surface area contributed by atoms with E-state index in [1.165, 1.54) is 7.11 Å². The zero-order valence-electron chi connectivity index (χ0n) is 20.2. The first-order valence-corrected chi connectivity index (χ1v) is 11.4. The number of aliphatic hydroxyl groups is 1. The number of amides is 2. The molecule has 0 aliphatic rings. The molecule has 2 amide bonds. The van der Waals surface area contributed by atoms with Crippen LogP contribution in [0.2, 0.25) is 0 Å². The number of para-hydroxylation sites is 1. The lowest BCUT2D eigenvalue weighted by Gasteiger charge is -2.26. The molecule has 0 bridgehead atoms. The molecule has 2 aromatic carbocycles. The summed E-state index contributed by atoms with van der Waals surface area (Å²) in [5.41, 5.74) is 9.83. The van der Waals surface area contributed by atoms with Crippen LogP contribution in [0.3, 0.4) is 0 Å². The van der Waals surface area contributed by atoms with Gasteiger partial charge < -0.3 is 25.2 Å². The summed E-state index contributed by atoms with van der Waals surface area (Å²) in [5.74, 6) is -0.507. The summed E-state index contributed by atoms with van der Waals surface area (Å²) in [6.45, 7) is 3.90. The number of carbonyl (C=O) groups is 2. The van der Waals surface area contributed by atoms with Crippen LogP contribution in [-0.2, 0) is 20.9 Å². The molecule has 188 valence electrons. The molecule has 0 fully saturated rings. The summed E-state index contributed by atoms with van der Waals surface area (Å²) in [6, 6.07) is 16.6. The molecule has 0 spiro atoms. The smallest absolute Gasteiger partial charge is 0.249 e. The summed E-state index contributed by atoms with van der Waals surface area (Å²) in [7, 11) is 1.33. The van der Waals surface area contributed by atoms with Crippen LogP contribution >= 0.6 is 0 Å². The molecule has 0 aliphatic heterocycles. The van der Waals surface area contributed by atoms with E-state index in [2.05, 4.69) is 20.7 Å². The predicted molar refractivity (Wildman–Crippen MR) is 131 cm³/mol. The number of aliphatic hydroxyl groups excluding tert-OH is 1. The van der Waals surface area contributed by atoms with Gasteiger partial charge in [-0.15, -0.1) is 0 Å². The Hall–Kier alpha value is -3.59. The number of nitrogens with zero attached hydrogens (tertiary/aromatic N) is 3. The summed E-state index contributed by atoms with van der Waals surface area (Å²) in [4.78, 5) is 28.4. The van der Waals surface area contributed by atoms with Gasteiger partial charge in [-0.25, -0.2) is 0 Å². The van der Waals surface area contributed by atoms with Crippen LogP contribution < -0.4 is 15.4 Å². The normalized spacial score (nSPS) is 14.2. The molecule has 35 heavy (non-hydrogen) atoms. The third-order valence-corrected chi connectivity index (χ3v) is 5.40. The largest absolute Gasteiger partial charge is 0.493 e. The molecule has 10 heteroatoms. The average molecular weight is 484 g/mol. The van der Waals surface area contributed by atoms with Crippen LogP contribution in [0.1, 0.15) is 25.8 Å². The molecular weight excluding hydrogens is 450 g/mol.